The lowest BCUT2D eigenvalue weighted by molar-refractivity contribution is 0.325. The first-order chi connectivity index (χ1) is 12.5. The highest BCUT2D eigenvalue weighted by Gasteiger charge is 2.33. The van der Waals surface area contributed by atoms with Gasteiger partial charge in [0.2, 0.25) is 0 Å². The van der Waals surface area contributed by atoms with E-state index < -0.39 is 9.84 Å². The van der Waals surface area contributed by atoms with Crippen LogP contribution < -0.4 is 10.1 Å². The molecule has 0 aliphatic carbocycles. The number of hydrogen-bond acceptors (Lipinski definition) is 5. The van der Waals surface area contributed by atoms with Crippen LogP contribution >= 0.6 is 23.6 Å². The molecule has 2 aromatic rings. The summed E-state index contributed by atoms with van der Waals surface area (Å²) in [6, 6.07) is 11.8. The molecule has 3 rings (SSSR count). The van der Waals surface area contributed by atoms with Crippen LogP contribution in [-0.4, -0.2) is 43.1 Å². The maximum absolute atomic E-state index is 11.9. The molecule has 1 aromatic carbocycles. The Morgan fingerprint density at radius 2 is 2.12 bits per heavy atom. The van der Waals surface area contributed by atoms with E-state index in [4.69, 9.17) is 17.0 Å². The highest BCUT2D eigenvalue weighted by atomic mass is 32.2. The van der Waals surface area contributed by atoms with Crippen molar-refractivity contribution in [1.82, 2.24) is 10.2 Å². The van der Waals surface area contributed by atoms with Crippen molar-refractivity contribution in [3.63, 3.8) is 0 Å². The molecule has 0 bridgehead atoms. The van der Waals surface area contributed by atoms with E-state index in [1.807, 2.05) is 46.7 Å². The predicted octanol–water partition coefficient (Wildman–Crippen LogP) is 2.82. The summed E-state index contributed by atoms with van der Waals surface area (Å²) < 4.78 is 29.0. The molecule has 1 aliphatic heterocycles. The SMILES string of the molecule is COc1ccc(CNC(=S)N(Cc2cccs2)[C@@H]2CCS(=O)(=O)C2)cc1. The van der Waals surface area contributed by atoms with Gasteiger partial charge in [0.05, 0.1) is 25.2 Å². The number of rotatable bonds is 6. The largest absolute Gasteiger partial charge is 0.497 e. The molecule has 1 fully saturated rings. The lowest BCUT2D eigenvalue weighted by Crippen LogP contribution is -2.45. The second kappa shape index (κ2) is 8.37. The zero-order valence-electron chi connectivity index (χ0n) is 14.6. The van der Waals surface area contributed by atoms with E-state index >= 15 is 0 Å². The van der Waals surface area contributed by atoms with Gasteiger partial charge in [-0.15, -0.1) is 11.3 Å². The summed E-state index contributed by atoms with van der Waals surface area (Å²) in [5.41, 5.74) is 1.09. The van der Waals surface area contributed by atoms with Crippen LogP contribution in [0.5, 0.6) is 5.75 Å². The highest BCUT2D eigenvalue weighted by Crippen LogP contribution is 2.22. The fourth-order valence-corrected chi connectivity index (χ4v) is 5.70. The van der Waals surface area contributed by atoms with Crippen LogP contribution in [0.1, 0.15) is 16.9 Å². The van der Waals surface area contributed by atoms with Gasteiger partial charge in [-0.25, -0.2) is 8.42 Å². The lowest BCUT2D eigenvalue weighted by atomic mass is 10.2. The Kier molecular flexibility index (Phi) is 6.16. The smallest absolute Gasteiger partial charge is 0.169 e. The molecule has 1 atom stereocenters. The van der Waals surface area contributed by atoms with Gasteiger partial charge < -0.3 is 15.0 Å². The van der Waals surface area contributed by atoms with Crippen molar-refractivity contribution in [2.24, 2.45) is 0 Å². The first kappa shape index (κ1) is 19.1. The van der Waals surface area contributed by atoms with Gasteiger partial charge >= 0.3 is 0 Å². The molecule has 26 heavy (non-hydrogen) atoms. The van der Waals surface area contributed by atoms with E-state index in [1.54, 1.807) is 18.4 Å². The normalized spacial score (nSPS) is 18.4. The van der Waals surface area contributed by atoms with E-state index in [9.17, 15) is 8.42 Å². The van der Waals surface area contributed by atoms with Gasteiger partial charge in [0.15, 0.2) is 14.9 Å². The van der Waals surface area contributed by atoms with E-state index in [2.05, 4.69) is 5.32 Å². The van der Waals surface area contributed by atoms with E-state index in [1.165, 1.54) is 4.88 Å². The van der Waals surface area contributed by atoms with Crippen LogP contribution in [0.15, 0.2) is 41.8 Å². The maximum atomic E-state index is 11.9. The van der Waals surface area contributed by atoms with Gasteiger partial charge in [-0.1, -0.05) is 18.2 Å². The van der Waals surface area contributed by atoms with Gasteiger partial charge in [0, 0.05) is 17.5 Å². The Bertz CT molecular complexity index is 833. The van der Waals surface area contributed by atoms with Crippen LogP contribution in [0.2, 0.25) is 0 Å². The number of hydrogen-bond donors (Lipinski definition) is 1. The molecule has 2 heterocycles. The molecule has 1 N–H and O–H groups in total. The summed E-state index contributed by atoms with van der Waals surface area (Å²) in [6.45, 7) is 1.22. The highest BCUT2D eigenvalue weighted by molar-refractivity contribution is 7.91. The van der Waals surface area contributed by atoms with Crippen molar-refractivity contribution in [3.05, 3.63) is 52.2 Å². The number of ether oxygens (including phenoxy) is 1. The van der Waals surface area contributed by atoms with Crippen molar-refractivity contribution >= 4 is 38.5 Å². The zero-order chi connectivity index (χ0) is 18.6. The fourth-order valence-electron chi connectivity index (χ4n) is 2.98. The average molecular weight is 411 g/mol. The Balaban J connectivity index is 1.67. The maximum Gasteiger partial charge on any atom is 0.169 e. The van der Waals surface area contributed by atoms with Crippen molar-refractivity contribution < 1.29 is 13.2 Å². The molecule has 0 saturated carbocycles. The van der Waals surface area contributed by atoms with Crippen LogP contribution in [0.4, 0.5) is 0 Å². The number of methoxy groups -OCH3 is 1. The van der Waals surface area contributed by atoms with Gasteiger partial charge in [-0.05, 0) is 47.8 Å². The second-order valence-electron chi connectivity index (χ2n) is 6.27. The zero-order valence-corrected chi connectivity index (χ0v) is 17.0. The third-order valence-corrected chi connectivity index (χ3v) is 7.41. The summed E-state index contributed by atoms with van der Waals surface area (Å²) >= 11 is 7.26. The molecule has 0 radical (unpaired) electrons. The lowest BCUT2D eigenvalue weighted by Gasteiger charge is -2.30. The van der Waals surface area contributed by atoms with Crippen molar-refractivity contribution in [1.29, 1.82) is 0 Å². The minimum absolute atomic E-state index is 0.0713. The van der Waals surface area contributed by atoms with Crippen molar-refractivity contribution in [2.75, 3.05) is 18.6 Å². The molecule has 1 saturated heterocycles. The van der Waals surface area contributed by atoms with Gasteiger partial charge in [0.25, 0.3) is 0 Å². The summed E-state index contributed by atoms with van der Waals surface area (Å²) in [7, 11) is -1.33. The van der Waals surface area contributed by atoms with E-state index in [-0.39, 0.29) is 17.5 Å². The monoisotopic (exact) mass is 410 g/mol. The minimum Gasteiger partial charge on any atom is -0.497 e. The van der Waals surface area contributed by atoms with Crippen LogP contribution in [0.25, 0.3) is 0 Å². The number of thiocarbonyl (C=S) groups is 1. The van der Waals surface area contributed by atoms with E-state index in [0.29, 0.717) is 24.6 Å². The third-order valence-electron chi connectivity index (χ3n) is 4.42. The Morgan fingerprint density at radius 1 is 1.35 bits per heavy atom. The van der Waals surface area contributed by atoms with Gasteiger partial charge in [-0.3, -0.25) is 0 Å². The third kappa shape index (κ3) is 4.96. The molecular weight excluding hydrogens is 388 g/mol. The minimum atomic E-state index is -2.97. The van der Waals surface area contributed by atoms with Gasteiger partial charge in [-0.2, -0.15) is 0 Å². The molecule has 5 nitrogen and oxygen atoms in total. The van der Waals surface area contributed by atoms with Crippen LogP contribution in [-0.2, 0) is 22.9 Å². The average Bonchev–Trinajstić information content (AvgIpc) is 3.27. The molecule has 0 spiro atoms. The second-order valence-corrected chi connectivity index (χ2v) is 9.92. The molecule has 0 unspecified atom stereocenters. The topological polar surface area (TPSA) is 58.6 Å². The Labute approximate surface area is 163 Å². The predicted molar refractivity (Wildman–Crippen MR) is 109 cm³/mol. The number of sulfone groups is 1. The van der Waals surface area contributed by atoms with Crippen LogP contribution in [0, 0.1) is 0 Å². The fraction of sp³-hybridized carbons (Fsp3) is 0.389. The quantitative estimate of drug-likeness (QED) is 0.739. The Morgan fingerprint density at radius 3 is 2.69 bits per heavy atom. The molecule has 1 aromatic heterocycles. The summed E-state index contributed by atoms with van der Waals surface area (Å²) in [5.74, 6) is 1.22. The summed E-state index contributed by atoms with van der Waals surface area (Å²) in [6.07, 6.45) is 0.623. The first-order valence-electron chi connectivity index (χ1n) is 8.37. The number of nitrogens with one attached hydrogen (secondary N) is 1. The molecule has 8 heteroatoms. The molecular formula is C18H22N2O3S3. The number of nitrogens with zero attached hydrogens (tertiary/aromatic N) is 1. The van der Waals surface area contributed by atoms with E-state index in [0.717, 1.165) is 11.3 Å². The van der Waals surface area contributed by atoms with Crippen molar-refractivity contribution in [3.8, 4) is 5.75 Å². The molecule has 0 amide bonds. The van der Waals surface area contributed by atoms with Gasteiger partial charge in [0.1, 0.15) is 5.75 Å². The molecule has 140 valence electrons. The van der Waals surface area contributed by atoms with Crippen LogP contribution in [0.3, 0.4) is 0 Å². The Hall–Kier alpha value is -1.64. The van der Waals surface area contributed by atoms with Crippen molar-refractivity contribution in [2.45, 2.75) is 25.6 Å². The number of benzene rings is 1. The summed E-state index contributed by atoms with van der Waals surface area (Å²) in [4.78, 5) is 3.19. The first-order valence-corrected chi connectivity index (χ1v) is 11.5. The summed E-state index contributed by atoms with van der Waals surface area (Å²) in [5, 5.41) is 5.89. The standard InChI is InChI=1S/C18H22N2O3S3/c1-23-16-6-4-14(5-7-16)11-19-18(24)20(12-17-3-2-9-25-17)15-8-10-26(21,22)13-15/h2-7,9,15H,8,10-13H2,1H3,(H,19,24)/t15-/m1/s1. The number of thiophene rings is 1. The molecule has 1 aliphatic rings.